The summed E-state index contributed by atoms with van der Waals surface area (Å²) in [7, 11) is 0. The fourth-order valence-electron chi connectivity index (χ4n) is 0.837. The zero-order valence-corrected chi connectivity index (χ0v) is 5.17. The van der Waals surface area contributed by atoms with Crippen LogP contribution in [0.1, 0.15) is 6.42 Å². The van der Waals surface area contributed by atoms with Crippen molar-refractivity contribution in [3.8, 4) is 0 Å². The first-order valence-electron chi connectivity index (χ1n) is 3.00. The highest BCUT2D eigenvalue weighted by Gasteiger charge is 1.97. The maximum Gasteiger partial charge on any atom is 0.0703 e. The number of hydrogen-bond acceptors (Lipinski definition) is 3. The molecule has 0 aromatic carbocycles. The Hall–Kier alpha value is -0.830. The van der Waals surface area contributed by atoms with Crippen molar-refractivity contribution >= 4 is 6.21 Å². The van der Waals surface area contributed by atoms with Crippen LogP contribution in [0.25, 0.3) is 0 Å². The van der Waals surface area contributed by atoms with E-state index in [9.17, 15) is 0 Å². The minimum absolute atomic E-state index is 0.823. The average molecular weight is 126 g/mol. The topological polar surface area (TPSA) is 44.6 Å². The molecule has 0 spiro atoms. The molecule has 0 aromatic heterocycles. The van der Waals surface area contributed by atoms with Crippen molar-refractivity contribution in [1.29, 1.82) is 0 Å². The van der Waals surface area contributed by atoms with E-state index in [0.29, 0.717) is 0 Å². The number of rotatable bonds is 1. The highest BCUT2D eigenvalue weighted by molar-refractivity contribution is 5.78. The summed E-state index contributed by atoms with van der Waals surface area (Å²) in [4.78, 5) is 0. The van der Waals surface area contributed by atoms with Gasteiger partial charge in [0.2, 0.25) is 0 Å². The summed E-state index contributed by atoms with van der Waals surface area (Å²) >= 11 is 0. The van der Waals surface area contributed by atoms with Crippen molar-refractivity contribution in [2.75, 3.05) is 13.1 Å². The first-order chi connectivity index (χ1) is 4.43. The average Bonchev–Trinajstić information content (AvgIpc) is 1.91. The molecule has 0 fully saturated rings. The van der Waals surface area contributed by atoms with Crippen LogP contribution in [0.4, 0.5) is 0 Å². The molecule has 0 bridgehead atoms. The molecule has 2 N–H and O–H groups in total. The van der Waals surface area contributed by atoms with Crippen LogP contribution in [0.3, 0.4) is 0 Å². The van der Waals surface area contributed by atoms with Crippen LogP contribution in [0.5, 0.6) is 0 Å². The highest BCUT2D eigenvalue weighted by Crippen LogP contribution is 1.96. The van der Waals surface area contributed by atoms with Gasteiger partial charge < -0.3 is 10.5 Å². The van der Waals surface area contributed by atoms with Crippen LogP contribution < -0.4 is 5.32 Å². The van der Waals surface area contributed by atoms with Gasteiger partial charge in [0.15, 0.2) is 0 Å². The number of oxime groups is 1. The van der Waals surface area contributed by atoms with E-state index >= 15 is 0 Å². The Morgan fingerprint density at radius 2 is 2.67 bits per heavy atom. The second kappa shape index (κ2) is 3.25. The quantitative estimate of drug-likeness (QED) is 0.303. The van der Waals surface area contributed by atoms with Gasteiger partial charge >= 0.3 is 0 Å². The maximum atomic E-state index is 8.12. The summed E-state index contributed by atoms with van der Waals surface area (Å²) < 4.78 is 0. The molecule has 1 heterocycles. The molecule has 9 heavy (non-hydrogen) atoms. The van der Waals surface area contributed by atoms with Crippen LogP contribution in [-0.2, 0) is 0 Å². The predicted octanol–water partition coefficient (Wildman–Crippen LogP) is 0.366. The van der Waals surface area contributed by atoms with Crippen molar-refractivity contribution in [3.63, 3.8) is 0 Å². The normalized spacial score (nSPS) is 20.2. The molecule has 0 radical (unpaired) electrons. The van der Waals surface area contributed by atoms with Crippen molar-refractivity contribution in [2.24, 2.45) is 5.16 Å². The van der Waals surface area contributed by atoms with Crippen LogP contribution >= 0.6 is 0 Å². The lowest BCUT2D eigenvalue weighted by molar-refractivity contribution is 0.321. The molecule has 0 atom stereocenters. The third-order valence-electron chi connectivity index (χ3n) is 1.28. The molecule has 0 saturated carbocycles. The summed E-state index contributed by atoms with van der Waals surface area (Å²) in [6, 6.07) is 0. The van der Waals surface area contributed by atoms with Gasteiger partial charge in [-0.2, -0.15) is 0 Å². The number of hydrogen-bond donors (Lipinski definition) is 2. The molecule has 3 heteroatoms. The third kappa shape index (κ3) is 1.85. The van der Waals surface area contributed by atoms with Crippen LogP contribution in [-0.4, -0.2) is 24.5 Å². The molecule has 0 aromatic rings. The summed E-state index contributed by atoms with van der Waals surface area (Å²) in [6.07, 6.45) is 4.56. The Bertz CT molecular complexity index is 140. The summed E-state index contributed by atoms with van der Waals surface area (Å²) in [6.45, 7) is 1.85. The lowest BCUT2D eigenvalue weighted by Crippen LogP contribution is -2.22. The van der Waals surface area contributed by atoms with Gasteiger partial charge in [-0.3, -0.25) is 0 Å². The Labute approximate surface area is 54.1 Å². The van der Waals surface area contributed by atoms with Gasteiger partial charge in [-0.1, -0.05) is 11.2 Å². The van der Waals surface area contributed by atoms with Gasteiger partial charge in [-0.05, 0) is 18.5 Å². The van der Waals surface area contributed by atoms with E-state index in [4.69, 9.17) is 5.21 Å². The van der Waals surface area contributed by atoms with Crippen LogP contribution in [0.2, 0.25) is 0 Å². The lowest BCUT2D eigenvalue weighted by atomic mass is 10.2. The molecule has 1 aliphatic heterocycles. The second-order valence-corrected chi connectivity index (χ2v) is 1.99. The first-order valence-corrected chi connectivity index (χ1v) is 3.00. The van der Waals surface area contributed by atoms with E-state index in [2.05, 4.69) is 16.5 Å². The van der Waals surface area contributed by atoms with E-state index in [1.54, 1.807) is 0 Å². The Morgan fingerprint density at radius 3 is 3.22 bits per heavy atom. The minimum atomic E-state index is 0.823. The van der Waals surface area contributed by atoms with E-state index < -0.39 is 0 Å². The monoisotopic (exact) mass is 126 g/mol. The van der Waals surface area contributed by atoms with Gasteiger partial charge in [-0.15, -0.1) is 0 Å². The highest BCUT2D eigenvalue weighted by atomic mass is 16.4. The van der Waals surface area contributed by atoms with Crippen LogP contribution in [0.15, 0.2) is 16.8 Å². The van der Waals surface area contributed by atoms with Gasteiger partial charge in [-0.25, -0.2) is 0 Å². The van der Waals surface area contributed by atoms with E-state index in [1.807, 2.05) is 0 Å². The maximum absolute atomic E-state index is 8.12. The van der Waals surface area contributed by atoms with Crippen LogP contribution in [0, 0.1) is 0 Å². The van der Waals surface area contributed by atoms with Crippen molar-refractivity contribution < 1.29 is 5.21 Å². The Morgan fingerprint density at radius 1 is 1.78 bits per heavy atom. The zero-order valence-electron chi connectivity index (χ0n) is 5.17. The SMILES string of the molecule is ON=CC1=CCCNC1. The fourth-order valence-corrected chi connectivity index (χ4v) is 0.837. The van der Waals surface area contributed by atoms with Crippen molar-refractivity contribution in [3.05, 3.63) is 11.6 Å². The van der Waals surface area contributed by atoms with E-state index in [-0.39, 0.29) is 0 Å². The molecule has 0 amide bonds. The molecule has 0 unspecified atom stereocenters. The third-order valence-corrected chi connectivity index (χ3v) is 1.28. The Kier molecular flexibility index (Phi) is 2.27. The summed E-state index contributed by atoms with van der Waals surface area (Å²) in [5, 5.41) is 14.2. The van der Waals surface area contributed by atoms with Gasteiger partial charge in [0, 0.05) is 6.54 Å². The molecular formula is C6H10N2O. The molecule has 3 nitrogen and oxygen atoms in total. The van der Waals surface area contributed by atoms with Crippen molar-refractivity contribution in [2.45, 2.75) is 6.42 Å². The number of nitrogens with zero attached hydrogens (tertiary/aromatic N) is 1. The smallest absolute Gasteiger partial charge is 0.0703 e. The van der Waals surface area contributed by atoms with E-state index in [0.717, 1.165) is 25.1 Å². The summed E-state index contributed by atoms with van der Waals surface area (Å²) in [5.74, 6) is 0. The molecule has 1 rings (SSSR count). The lowest BCUT2D eigenvalue weighted by Gasteiger charge is -2.08. The second-order valence-electron chi connectivity index (χ2n) is 1.99. The Balaban J connectivity index is 2.46. The largest absolute Gasteiger partial charge is 0.411 e. The van der Waals surface area contributed by atoms with Gasteiger partial charge in [0.05, 0.1) is 6.21 Å². The molecule has 0 saturated heterocycles. The standard InChI is InChI=1S/C6H10N2O/c9-8-5-6-2-1-3-7-4-6/h2,5,7,9H,1,3-4H2. The van der Waals surface area contributed by atoms with Crippen molar-refractivity contribution in [1.82, 2.24) is 5.32 Å². The fraction of sp³-hybridized carbons (Fsp3) is 0.500. The molecule has 0 aliphatic carbocycles. The van der Waals surface area contributed by atoms with E-state index in [1.165, 1.54) is 6.21 Å². The van der Waals surface area contributed by atoms with Gasteiger partial charge in [0.1, 0.15) is 0 Å². The molecular weight excluding hydrogens is 116 g/mol. The zero-order chi connectivity index (χ0) is 6.53. The minimum Gasteiger partial charge on any atom is -0.411 e. The molecule has 1 aliphatic rings. The molecule has 50 valence electrons. The summed E-state index contributed by atoms with van der Waals surface area (Å²) in [5.41, 5.74) is 1.06. The first kappa shape index (κ1) is 6.29. The van der Waals surface area contributed by atoms with Gasteiger partial charge in [0.25, 0.3) is 0 Å². The number of nitrogens with one attached hydrogen (secondary N) is 1. The predicted molar refractivity (Wildman–Crippen MR) is 35.8 cm³/mol.